The predicted molar refractivity (Wildman–Crippen MR) is 86.2 cm³/mol. The average Bonchev–Trinajstić information content (AvgIpc) is 2.75. The Kier molecular flexibility index (Phi) is 2.66. The second-order valence-electron chi connectivity index (χ2n) is 5.96. The molecular formula is C20H16F2N+. The van der Waals surface area contributed by atoms with E-state index in [2.05, 4.69) is 0 Å². The summed E-state index contributed by atoms with van der Waals surface area (Å²) in [6.45, 7) is 1.93. The van der Waals surface area contributed by atoms with E-state index < -0.39 is 5.92 Å². The van der Waals surface area contributed by atoms with E-state index in [1.54, 1.807) is 47.2 Å². The van der Waals surface area contributed by atoms with Crippen molar-refractivity contribution in [3.63, 3.8) is 0 Å². The Labute approximate surface area is 135 Å². The van der Waals surface area contributed by atoms with Crippen LogP contribution in [0.2, 0.25) is 0 Å². The molecule has 0 fully saturated rings. The molecule has 0 spiro atoms. The summed E-state index contributed by atoms with van der Waals surface area (Å²) in [5.41, 5.74) is 3.87. The first-order chi connectivity index (χ1) is 11.4. The van der Waals surface area contributed by atoms with Crippen LogP contribution in [0, 0.1) is 6.92 Å². The molecule has 0 aliphatic heterocycles. The second-order valence-corrected chi connectivity index (χ2v) is 5.96. The predicted octanol–water partition coefficient (Wildman–Crippen LogP) is 4.61. The van der Waals surface area contributed by atoms with E-state index in [1.807, 2.05) is 20.0 Å². The van der Waals surface area contributed by atoms with E-state index >= 15 is 0 Å². The normalized spacial score (nSPS) is 15.0. The maximum absolute atomic E-state index is 14.9. The lowest BCUT2D eigenvalue weighted by molar-refractivity contribution is -0.660. The van der Waals surface area contributed by atoms with Gasteiger partial charge in [0.05, 0.1) is 1.37 Å². The average molecular weight is 309 g/mol. The first-order valence-corrected chi connectivity index (χ1v) is 7.49. The molecule has 0 saturated carbocycles. The van der Waals surface area contributed by atoms with Gasteiger partial charge in [-0.3, -0.25) is 0 Å². The number of hydrogen-bond donors (Lipinski definition) is 0. The van der Waals surface area contributed by atoms with E-state index in [-0.39, 0.29) is 11.1 Å². The third kappa shape index (κ3) is 1.93. The van der Waals surface area contributed by atoms with Gasteiger partial charge in [-0.1, -0.05) is 30.3 Å². The van der Waals surface area contributed by atoms with Gasteiger partial charge >= 0.3 is 0 Å². The van der Waals surface area contributed by atoms with Crippen molar-refractivity contribution < 1.29 is 14.7 Å². The second kappa shape index (κ2) is 4.72. The lowest BCUT2D eigenvalue weighted by Crippen LogP contribution is -2.30. The molecule has 114 valence electrons. The lowest BCUT2D eigenvalue weighted by atomic mass is 9.96. The van der Waals surface area contributed by atoms with Gasteiger partial charge in [0.2, 0.25) is 5.69 Å². The third-order valence-electron chi connectivity index (χ3n) is 4.52. The van der Waals surface area contributed by atoms with Gasteiger partial charge in [0.25, 0.3) is 5.92 Å². The highest BCUT2D eigenvalue weighted by atomic mass is 19.3. The van der Waals surface area contributed by atoms with Gasteiger partial charge < -0.3 is 0 Å². The highest BCUT2D eigenvalue weighted by molar-refractivity contribution is 5.83. The molecule has 1 nitrogen and oxygen atoms in total. The standard InChI is InChI=1S/C20H16F2N/c1-13-11-16-14-7-3-4-8-17(14)20(21,22)18(16)12-15(13)19-9-5-6-10-23(19)2/h3-12H,1-2H3/q+1/i6D. The van der Waals surface area contributed by atoms with E-state index in [4.69, 9.17) is 1.37 Å². The minimum Gasteiger partial charge on any atom is -0.201 e. The molecule has 0 atom stereocenters. The number of alkyl halides is 2. The van der Waals surface area contributed by atoms with Crippen molar-refractivity contribution in [3.05, 3.63) is 77.5 Å². The SMILES string of the molecule is [2H]c1ccc(-c2cc3c(cc2C)-c2ccccc2C3(F)F)[n+](C)c1. The van der Waals surface area contributed by atoms with Crippen LogP contribution >= 0.6 is 0 Å². The first kappa shape index (κ1) is 12.9. The van der Waals surface area contributed by atoms with E-state index in [1.165, 1.54) is 6.07 Å². The van der Waals surface area contributed by atoms with Crippen molar-refractivity contribution in [2.75, 3.05) is 0 Å². The molecule has 4 rings (SSSR count). The fourth-order valence-corrected chi connectivity index (χ4v) is 3.35. The largest absolute Gasteiger partial charge is 0.299 e. The fourth-order valence-electron chi connectivity index (χ4n) is 3.35. The molecule has 3 heteroatoms. The minimum absolute atomic E-state index is 0.0549. The molecule has 2 aromatic carbocycles. The molecule has 0 bridgehead atoms. The number of aromatic nitrogens is 1. The quantitative estimate of drug-likeness (QED) is 0.578. The highest BCUT2D eigenvalue weighted by Gasteiger charge is 2.44. The number of fused-ring (bicyclic) bond motifs is 3. The molecule has 1 aliphatic carbocycles. The Hall–Kier alpha value is -2.55. The number of hydrogen-bond acceptors (Lipinski definition) is 0. The van der Waals surface area contributed by atoms with Gasteiger partial charge in [-0.25, -0.2) is 4.57 Å². The summed E-state index contributed by atoms with van der Waals surface area (Å²) in [6, 6.07) is 14.0. The topological polar surface area (TPSA) is 3.88 Å². The van der Waals surface area contributed by atoms with Crippen molar-refractivity contribution in [2.24, 2.45) is 7.05 Å². The van der Waals surface area contributed by atoms with Crippen LogP contribution in [0.25, 0.3) is 22.4 Å². The van der Waals surface area contributed by atoms with Gasteiger partial charge in [0.1, 0.15) is 7.05 Å². The number of rotatable bonds is 1. The molecule has 1 aliphatic rings. The zero-order chi connectivity index (χ0) is 17.1. The maximum atomic E-state index is 14.9. The molecule has 3 aromatic rings. The third-order valence-corrected chi connectivity index (χ3v) is 4.52. The molecular weight excluding hydrogens is 292 g/mol. The van der Waals surface area contributed by atoms with Gasteiger partial charge in [0, 0.05) is 28.8 Å². The van der Waals surface area contributed by atoms with Gasteiger partial charge in [-0.05, 0) is 35.7 Å². The number of nitrogens with zero attached hydrogens (tertiary/aromatic N) is 1. The summed E-state index contributed by atoms with van der Waals surface area (Å²) in [4.78, 5) is 0. The van der Waals surface area contributed by atoms with Crippen LogP contribution in [0.1, 0.15) is 18.1 Å². The van der Waals surface area contributed by atoms with Crippen molar-refractivity contribution in [2.45, 2.75) is 12.8 Å². The fraction of sp³-hybridized carbons (Fsp3) is 0.150. The Morgan fingerprint density at radius 3 is 2.52 bits per heavy atom. The molecule has 1 heterocycles. The number of aryl methyl sites for hydroxylation is 2. The summed E-state index contributed by atoms with van der Waals surface area (Å²) < 4.78 is 39.3. The lowest BCUT2D eigenvalue weighted by Gasteiger charge is -2.14. The minimum atomic E-state index is -2.98. The zero-order valence-electron chi connectivity index (χ0n) is 13.9. The summed E-state index contributed by atoms with van der Waals surface area (Å²) in [5.74, 6) is -2.98. The van der Waals surface area contributed by atoms with Crippen LogP contribution < -0.4 is 4.57 Å². The van der Waals surface area contributed by atoms with Crippen LogP contribution in [-0.2, 0) is 13.0 Å². The van der Waals surface area contributed by atoms with Crippen LogP contribution in [0.3, 0.4) is 0 Å². The monoisotopic (exact) mass is 309 g/mol. The van der Waals surface area contributed by atoms with Crippen molar-refractivity contribution >= 4 is 0 Å². The molecule has 0 N–H and O–H groups in total. The number of halogens is 2. The highest BCUT2D eigenvalue weighted by Crippen LogP contribution is 2.52. The molecule has 0 amide bonds. The maximum Gasteiger partial charge on any atom is 0.299 e. The summed E-state index contributed by atoms with van der Waals surface area (Å²) in [5, 5.41) is 0. The Morgan fingerprint density at radius 1 is 0.957 bits per heavy atom. The summed E-state index contributed by atoms with van der Waals surface area (Å²) in [6.07, 6.45) is 1.68. The molecule has 0 unspecified atom stereocenters. The first-order valence-electron chi connectivity index (χ1n) is 7.99. The smallest absolute Gasteiger partial charge is 0.201 e. The molecule has 0 saturated heterocycles. The number of benzene rings is 2. The Bertz CT molecular complexity index is 979. The van der Waals surface area contributed by atoms with Crippen LogP contribution in [0.15, 0.2) is 60.8 Å². The van der Waals surface area contributed by atoms with E-state index in [0.717, 1.165) is 16.8 Å². The van der Waals surface area contributed by atoms with Gasteiger partial charge in [-0.2, -0.15) is 8.78 Å². The van der Waals surface area contributed by atoms with Crippen LogP contribution in [-0.4, -0.2) is 0 Å². The Morgan fingerprint density at radius 2 is 1.74 bits per heavy atom. The summed E-state index contributed by atoms with van der Waals surface area (Å²) >= 11 is 0. The van der Waals surface area contributed by atoms with Crippen molar-refractivity contribution in [3.8, 4) is 22.4 Å². The Balaban J connectivity index is 1.98. The summed E-state index contributed by atoms with van der Waals surface area (Å²) in [7, 11) is 1.83. The molecule has 23 heavy (non-hydrogen) atoms. The van der Waals surface area contributed by atoms with E-state index in [9.17, 15) is 8.78 Å². The van der Waals surface area contributed by atoms with Crippen molar-refractivity contribution in [1.82, 2.24) is 0 Å². The molecule has 1 aromatic heterocycles. The van der Waals surface area contributed by atoms with Crippen molar-refractivity contribution in [1.29, 1.82) is 0 Å². The van der Waals surface area contributed by atoms with Gasteiger partial charge in [-0.15, -0.1) is 0 Å². The number of pyridine rings is 1. The van der Waals surface area contributed by atoms with E-state index in [0.29, 0.717) is 17.2 Å². The van der Waals surface area contributed by atoms with Crippen LogP contribution in [0.4, 0.5) is 8.78 Å². The van der Waals surface area contributed by atoms with Crippen LogP contribution in [0.5, 0.6) is 0 Å². The molecule has 0 radical (unpaired) electrons. The zero-order valence-corrected chi connectivity index (χ0v) is 12.9. The van der Waals surface area contributed by atoms with Gasteiger partial charge in [0.15, 0.2) is 6.20 Å².